The monoisotopic (exact) mass is 770 g/mol. The number of hydrogen-bond donors (Lipinski definition) is 2. The smallest absolute Gasteiger partial charge is 0.410 e. The topological polar surface area (TPSA) is 97.3 Å². The minimum atomic E-state index is -5.61. The van der Waals surface area contributed by atoms with Crippen molar-refractivity contribution in [2.75, 3.05) is 61.2 Å². The van der Waals surface area contributed by atoms with Crippen molar-refractivity contribution in [1.29, 1.82) is 0 Å². The minimum Gasteiger partial charge on any atom is -0.410 e. The van der Waals surface area contributed by atoms with Gasteiger partial charge in [0.15, 0.2) is 0 Å². The van der Waals surface area contributed by atoms with Gasteiger partial charge in [-0.3, -0.25) is 9.53 Å². The number of carbonyl (C=O) groups excluding carboxylic acids is 1. The molecular weight excluding hydrogens is 719 g/mol. The number of ether oxygens (including phenoxy) is 3. The molecule has 2 aromatic carbocycles. The molecule has 2 N–H and O–H groups in total. The highest BCUT2D eigenvalue weighted by atomic mass is 32.2. The second kappa shape index (κ2) is 16.9. The minimum absolute atomic E-state index is 0.0338. The molecule has 14 heteroatoms. The maximum absolute atomic E-state index is 13.4. The van der Waals surface area contributed by atoms with Crippen molar-refractivity contribution in [2.45, 2.75) is 88.8 Å². The van der Waals surface area contributed by atoms with Gasteiger partial charge in [0.2, 0.25) is 0 Å². The van der Waals surface area contributed by atoms with Crippen LogP contribution in [0.3, 0.4) is 0 Å². The second-order valence-electron chi connectivity index (χ2n) is 15.3. The van der Waals surface area contributed by atoms with Gasteiger partial charge in [0, 0.05) is 53.2 Å². The molecule has 0 spiro atoms. The van der Waals surface area contributed by atoms with E-state index in [0.717, 1.165) is 62.9 Å². The molecule has 1 saturated heterocycles. The molecule has 0 radical (unpaired) electrons. The number of aliphatic hydroxyl groups excluding tert-OH is 1. The average molecular weight is 771 g/mol. The fraction of sp³-hybridized carbons (Fsp3) is 0.667. The van der Waals surface area contributed by atoms with Crippen molar-refractivity contribution in [3.63, 3.8) is 0 Å². The van der Waals surface area contributed by atoms with Crippen molar-refractivity contribution in [1.82, 2.24) is 0 Å². The quantitative estimate of drug-likeness (QED) is 0.188. The fourth-order valence-corrected chi connectivity index (χ4v) is 10.7. The highest BCUT2D eigenvalue weighted by Crippen LogP contribution is 2.63. The van der Waals surface area contributed by atoms with Gasteiger partial charge in [0.25, 0.3) is 0 Å². The van der Waals surface area contributed by atoms with Crippen LogP contribution in [0, 0.1) is 23.2 Å². The van der Waals surface area contributed by atoms with Crippen LogP contribution in [-0.2, 0) is 26.7 Å². The predicted molar refractivity (Wildman–Crippen MR) is 193 cm³/mol. The first-order valence-electron chi connectivity index (χ1n) is 18.9. The Morgan fingerprint density at radius 3 is 2.49 bits per heavy atom. The van der Waals surface area contributed by atoms with E-state index < -0.39 is 41.8 Å². The Bertz CT molecular complexity index is 1570. The Morgan fingerprint density at radius 2 is 1.77 bits per heavy atom. The first-order chi connectivity index (χ1) is 25.3. The van der Waals surface area contributed by atoms with E-state index in [1.165, 1.54) is 5.56 Å². The van der Waals surface area contributed by atoms with Crippen molar-refractivity contribution in [2.24, 2.45) is 23.2 Å². The summed E-state index contributed by atoms with van der Waals surface area (Å²) in [5.41, 5.74) is 3.96. The maximum atomic E-state index is 13.4. The number of nitrogens with zero attached hydrogens (tertiary/aromatic N) is 1. The van der Waals surface area contributed by atoms with Crippen LogP contribution in [0.5, 0.6) is 5.75 Å². The van der Waals surface area contributed by atoms with Crippen LogP contribution in [0.25, 0.3) is 0 Å². The van der Waals surface area contributed by atoms with Crippen molar-refractivity contribution >= 4 is 28.3 Å². The summed E-state index contributed by atoms with van der Waals surface area (Å²) in [5.74, 6) is -3.16. The standard InChI is InChI=1S/C39H51F5N2O6S/c1-37-15-13-32-31-10-9-30(52-36(48)45-28-5-7-29(8-6-28)46-16-19-50-20-17-46)25-27(31)24-26(35(32)33(37)11-12-34(37)51-21-18-47)4-2-22-53(49)23-3-14-38(40,41)39(42,43)44/h5-10,25-26,32-35,47H,2-4,11-24H2,1H3,(H,45,48)/t26-,32-,33+,34+,35-,37+,53?/m1/s1. The lowest BCUT2D eigenvalue weighted by molar-refractivity contribution is -0.284. The summed E-state index contributed by atoms with van der Waals surface area (Å²) in [6.07, 6.45) is -2.16. The van der Waals surface area contributed by atoms with Crippen LogP contribution in [-0.4, -0.2) is 84.6 Å². The normalized spacial score (nSPS) is 27.8. The summed E-state index contributed by atoms with van der Waals surface area (Å²) in [6, 6.07) is 13.5. The Kier molecular flexibility index (Phi) is 12.7. The van der Waals surface area contributed by atoms with E-state index in [1.807, 2.05) is 36.4 Å². The Labute approximate surface area is 310 Å². The summed E-state index contributed by atoms with van der Waals surface area (Å²) < 4.78 is 94.6. The molecule has 4 aliphatic rings. The molecule has 1 unspecified atom stereocenters. The van der Waals surface area contributed by atoms with E-state index in [2.05, 4.69) is 23.2 Å². The molecule has 3 aliphatic carbocycles. The lowest BCUT2D eigenvalue weighted by Crippen LogP contribution is -2.48. The van der Waals surface area contributed by atoms with Crippen LogP contribution in [0.15, 0.2) is 42.5 Å². The third-order valence-corrected chi connectivity index (χ3v) is 13.6. The molecule has 7 atom stereocenters. The third kappa shape index (κ3) is 9.19. The second-order valence-corrected chi connectivity index (χ2v) is 17.0. The zero-order chi connectivity index (χ0) is 37.8. The number of carbonyl (C=O) groups is 1. The van der Waals surface area contributed by atoms with Crippen molar-refractivity contribution in [3.05, 3.63) is 53.6 Å². The number of rotatable bonds is 14. The summed E-state index contributed by atoms with van der Waals surface area (Å²) >= 11 is 0. The summed E-state index contributed by atoms with van der Waals surface area (Å²) in [4.78, 5) is 15.2. The van der Waals surface area contributed by atoms with Crippen LogP contribution < -0.4 is 15.0 Å². The third-order valence-electron chi connectivity index (χ3n) is 12.1. The number of alkyl halides is 5. The highest BCUT2D eigenvalue weighted by molar-refractivity contribution is 7.84. The van der Waals surface area contributed by atoms with Crippen molar-refractivity contribution < 1.29 is 50.3 Å². The molecule has 8 nitrogen and oxygen atoms in total. The lowest BCUT2D eigenvalue weighted by Gasteiger charge is -2.53. The molecule has 1 heterocycles. The number of halogens is 5. The number of aliphatic hydroxyl groups is 1. The van der Waals surface area contributed by atoms with Gasteiger partial charge in [-0.15, -0.1) is 0 Å². The van der Waals surface area contributed by atoms with Crippen LogP contribution in [0.1, 0.15) is 75.3 Å². The number of hydrogen-bond acceptors (Lipinski definition) is 7. The van der Waals surface area contributed by atoms with E-state index >= 15 is 0 Å². The van der Waals surface area contributed by atoms with Gasteiger partial charge in [0.1, 0.15) is 5.75 Å². The highest BCUT2D eigenvalue weighted by Gasteiger charge is 2.58. The first kappa shape index (κ1) is 39.9. The summed E-state index contributed by atoms with van der Waals surface area (Å²) in [7, 11) is -1.51. The molecule has 1 aliphatic heterocycles. The Balaban J connectivity index is 1.12. The number of morpholine rings is 1. The predicted octanol–water partition coefficient (Wildman–Crippen LogP) is 8.10. The number of anilines is 2. The van der Waals surface area contributed by atoms with Gasteiger partial charge in [0.05, 0.1) is 32.5 Å². The van der Waals surface area contributed by atoms with Crippen LogP contribution in [0.2, 0.25) is 0 Å². The van der Waals surface area contributed by atoms with Gasteiger partial charge < -0.3 is 24.2 Å². The largest absolute Gasteiger partial charge is 0.453 e. The first-order valence-corrected chi connectivity index (χ1v) is 20.3. The molecule has 294 valence electrons. The molecule has 0 aromatic heterocycles. The van der Waals surface area contributed by atoms with Crippen LogP contribution in [0.4, 0.5) is 38.1 Å². The summed E-state index contributed by atoms with van der Waals surface area (Å²) in [5, 5.41) is 12.3. The molecule has 6 rings (SSSR count). The SMILES string of the molecule is C[C@]12CC[C@@H]3c4ccc(OC(=O)Nc5ccc(N6CCOCC6)cc5)cc4C[C@@H](CCCS(=O)CCCC(F)(F)C(F)(F)F)[C@H]3[C@@H]1CC[C@@H]2OCCO. The maximum Gasteiger partial charge on any atom is 0.453 e. The average Bonchev–Trinajstić information content (AvgIpc) is 3.46. The zero-order valence-electron chi connectivity index (χ0n) is 30.2. The number of benzene rings is 2. The Morgan fingerprint density at radius 1 is 1.04 bits per heavy atom. The molecule has 2 saturated carbocycles. The molecular formula is C39H51F5N2O6S. The van der Waals surface area contributed by atoms with Gasteiger partial charge in [-0.1, -0.05) is 13.0 Å². The van der Waals surface area contributed by atoms with E-state index in [4.69, 9.17) is 14.2 Å². The Hall–Kier alpha value is -2.81. The lowest BCUT2D eigenvalue weighted by atomic mass is 9.52. The molecule has 53 heavy (non-hydrogen) atoms. The van der Waals surface area contributed by atoms with Crippen molar-refractivity contribution in [3.8, 4) is 5.75 Å². The van der Waals surface area contributed by atoms with Gasteiger partial charge in [-0.2, -0.15) is 22.0 Å². The summed E-state index contributed by atoms with van der Waals surface area (Å²) in [6.45, 7) is 5.55. The van der Waals surface area contributed by atoms with Gasteiger partial charge >= 0.3 is 18.2 Å². The molecule has 3 fully saturated rings. The van der Waals surface area contributed by atoms with E-state index in [-0.39, 0.29) is 41.5 Å². The zero-order valence-corrected chi connectivity index (χ0v) is 31.0. The van der Waals surface area contributed by atoms with Gasteiger partial charge in [-0.25, -0.2) is 4.79 Å². The number of fused-ring (bicyclic) bond motifs is 5. The molecule has 1 amide bonds. The molecule has 0 bridgehead atoms. The number of amides is 1. The van der Waals surface area contributed by atoms with E-state index in [0.29, 0.717) is 49.5 Å². The van der Waals surface area contributed by atoms with E-state index in [9.17, 15) is 36.1 Å². The molecule has 2 aromatic rings. The van der Waals surface area contributed by atoms with Crippen LogP contribution >= 0.6 is 0 Å². The fourth-order valence-electron chi connectivity index (χ4n) is 9.57. The number of nitrogens with one attached hydrogen (secondary N) is 1. The van der Waals surface area contributed by atoms with Gasteiger partial charge in [-0.05, 0) is 128 Å². The van der Waals surface area contributed by atoms with E-state index in [1.54, 1.807) is 0 Å².